The fourth-order valence-corrected chi connectivity index (χ4v) is 11.4. The average molecular weight is 768 g/mol. The Morgan fingerprint density at radius 2 is 1.76 bits per heavy atom. The number of amides is 3. The average Bonchev–Trinajstić information content (AvgIpc) is 3.62. The minimum atomic E-state index is -3.63. The second kappa shape index (κ2) is 16.4. The number of nitrogens with one attached hydrogen (secondary N) is 2. The predicted octanol–water partition coefficient (Wildman–Crippen LogP) is 3.64. The lowest BCUT2D eigenvalue weighted by molar-refractivity contribution is -0.126. The second-order valence-corrected chi connectivity index (χ2v) is 17.9. The highest BCUT2D eigenvalue weighted by Gasteiger charge is 2.53. The van der Waals surface area contributed by atoms with Gasteiger partial charge in [0.2, 0.25) is 11.8 Å². The van der Waals surface area contributed by atoms with E-state index < -0.39 is 32.2 Å². The summed E-state index contributed by atoms with van der Waals surface area (Å²) in [5.74, 6) is -0.779. The van der Waals surface area contributed by atoms with Gasteiger partial charge in [-0.15, -0.1) is 0 Å². The summed E-state index contributed by atoms with van der Waals surface area (Å²) >= 11 is 0. The van der Waals surface area contributed by atoms with E-state index >= 15 is 0 Å². The Morgan fingerprint density at radius 1 is 1.04 bits per heavy atom. The molecule has 294 valence electrons. The summed E-state index contributed by atoms with van der Waals surface area (Å²) < 4.78 is 46.7. The van der Waals surface area contributed by atoms with Crippen molar-refractivity contribution in [3.05, 3.63) is 72.6 Å². The third kappa shape index (κ3) is 8.30. The minimum absolute atomic E-state index is 0.0635. The summed E-state index contributed by atoms with van der Waals surface area (Å²) in [6.45, 7) is 8.68. The maximum absolute atomic E-state index is 14.9. The predicted molar refractivity (Wildman–Crippen MR) is 203 cm³/mol. The van der Waals surface area contributed by atoms with Gasteiger partial charge in [0.1, 0.15) is 11.4 Å². The summed E-state index contributed by atoms with van der Waals surface area (Å²) in [6, 6.07) is 13.2. The van der Waals surface area contributed by atoms with Crippen LogP contribution in [-0.4, -0.2) is 118 Å². The van der Waals surface area contributed by atoms with Gasteiger partial charge in [-0.05, 0) is 111 Å². The monoisotopic (exact) mass is 767 g/mol. The van der Waals surface area contributed by atoms with Gasteiger partial charge in [-0.1, -0.05) is 25.1 Å². The van der Waals surface area contributed by atoms with Gasteiger partial charge in [-0.3, -0.25) is 9.59 Å². The first-order chi connectivity index (χ1) is 25.8. The fraction of sp³-hybridized carbons (Fsp3) is 0.575. The van der Waals surface area contributed by atoms with Gasteiger partial charge >= 0.3 is 6.09 Å². The van der Waals surface area contributed by atoms with E-state index in [0.29, 0.717) is 58.7 Å². The lowest BCUT2D eigenvalue weighted by atomic mass is 9.58. The van der Waals surface area contributed by atoms with E-state index in [4.69, 9.17) is 4.74 Å². The summed E-state index contributed by atoms with van der Waals surface area (Å²) in [6.07, 6.45) is 5.79. The van der Waals surface area contributed by atoms with Gasteiger partial charge in [-0.25, -0.2) is 17.6 Å². The van der Waals surface area contributed by atoms with Crippen molar-refractivity contribution in [2.75, 3.05) is 64.4 Å². The molecule has 3 N–H and O–H groups in total. The van der Waals surface area contributed by atoms with Gasteiger partial charge in [0.15, 0.2) is 9.84 Å². The van der Waals surface area contributed by atoms with Crippen LogP contribution >= 0.6 is 0 Å². The molecule has 14 heteroatoms. The van der Waals surface area contributed by atoms with E-state index in [2.05, 4.69) is 22.1 Å². The number of rotatable bonds is 12. The van der Waals surface area contributed by atoms with Crippen molar-refractivity contribution in [1.82, 2.24) is 20.4 Å². The fourth-order valence-electron chi connectivity index (χ4n) is 9.67. The normalized spacial score (nSPS) is 24.6. The van der Waals surface area contributed by atoms with E-state index in [-0.39, 0.29) is 46.9 Å². The number of nitrogens with zero attached hydrogens (tertiary/aromatic N) is 3. The van der Waals surface area contributed by atoms with Crippen LogP contribution in [0.1, 0.15) is 57.4 Å². The first-order valence-corrected chi connectivity index (χ1v) is 20.6. The minimum Gasteiger partial charge on any atom is -0.453 e. The number of methoxy groups -OCH3 is 1. The van der Waals surface area contributed by atoms with Crippen molar-refractivity contribution in [2.24, 2.45) is 11.8 Å². The molecule has 0 spiro atoms. The Hall–Kier alpha value is -4.01. The molecule has 2 aromatic carbocycles. The molecule has 3 saturated heterocycles. The van der Waals surface area contributed by atoms with Gasteiger partial charge in [-0.2, -0.15) is 0 Å². The highest BCUT2D eigenvalue weighted by Crippen LogP contribution is 2.50. The molecule has 1 aliphatic carbocycles. The Labute approximate surface area is 318 Å². The number of ether oxygens (including phenoxy) is 1. The van der Waals surface area contributed by atoms with Gasteiger partial charge in [0.25, 0.3) is 0 Å². The molecule has 3 aliphatic heterocycles. The zero-order chi connectivity index (χ0) is 38.7. The first kappa shape index (κ1) is 39.7. The molecular formula is C40H54FN5O7S. The summed E-state index contributed by atoms with van der Waals surface area (Å²) in [5, 5.41) is 17.0. The summed E-state index contributed by atoms with van der Waals surface area (Å²) in [4.78, 5) is 43.0. The number of β-amino-alcohol motifs (C(OH)–C–C–N with tert-alkyl or cyclic N) is 1. The van der Waals surface area contributed by atoms with Crippen molar-refractivity contribution in [3.8, 4) is 0 Å². The van der Waals surface area contributed by atoms with Gasteiger partial charge < -0.3 is 35.2 Å². The number of piperidine rings is 2. The van der Waals surface area contributed by atoms with Crippen LogP contribution in [0, 0.1) is 17.7 Å². The molecule has 0 aromatic heterocycles. The maximum atomic E-state index is 14.9. The van der Waals surface area contributed by atoms with Crippen molar-refractivity contribution >= 4 is 33.4 Å². The van der Waals surface area contributed by atoms with Crippen LogP contribution in [0.2, 0.25) is 0 Å². The van der Waals surface area contributed by atoms with Gasteiger partial charge in [0.05, 0.1) is 17.3 Å². The Kier molecular flexibility index (Phi) is 12.0. The number of carbonyl (C=O) groups excluding carboxylic acids is 3. The molecule has 4 aliphatic rings. The number of sulfone groups is 1. The van der Waals surface area contributed by atoms with Crippen LogP contribution < -0.4 is 15.5 Å². The molecule has 1 saturated carbocycles. The first-order valence-electron chi connectivity index (χ1n) is 19.1. The lowest BCUT2D eigenvalue weighted by Crippen LogP contribution is -2.67. The number of alkyl carbamates (subject to hydrolysis) is 1. The molecule has 4 atom stereocenters. The highest BCUT2D eigenvalue weighted by molar-refractivity contribution is 7.92. The van der Waals surface area contributed by atoms with E-state index in [1.807, 2.05) is 11.0 Å². The number of hydrogen-bond acceptors (Lipinski definition) is 9. The Balaban J connectivity index is 1.11. The van der Waals surface area contributed by atoms with E-state index in [0.717, 1.165) is 43.4 Å². The summed E-state index contributed by atoms with van der Waals surface area (Å²) in [7, 11) is -2.29. The molecule has 54 heavy (non-hydrogen) atoms. The SMILES string of the molecule is C=CC(=O)N1CCC[C@@H](S(=O)(=O)c2ccc(N3CC(O)(CN4CCC(C(CNC(C)=O)(c5cccc(F)c5)[C@H]5CCC[C@@H]5NC(=O)OC)CC4)C3)cc2)C1. The molecule has 1 unspecified atom stereocenters. The Morgan fingerprint density at radius 3 is 2.41 bits per heavy atom. The van der Waals surface area contributed by atoms with Crippen LogP contribution in [0.5, 0.6) is 0 Å². The number of carbonyl (C=O) groups is 3. The van der Waals surface area contributed by atoms with Crippen LogP contribution in [-0.2, 0) is 29.6 Å². The number of likely N-dealkylation sites (tertiary alicyclic amines) is 2. The van der Waals surface area contributed by atoms with E-state index in [1.54, 1.807) is 41.3 Å². The smallest absolute Gasteiger partial charge is 0.407 e. The van der Waals surface area contributed by atoms with Crippen molar-refractivity contribution in [1.29, 1.82) is 0 Å². The van der Waals surface area contributed by atoms with Crippen LogP contribution in [0.3, 0.4) is 0 Å². The lowest BCUT2D eigenvalue weighted by Gasteiger charge is -2.53. The second-order valence-electron chi connectivity index (χ2n) is 15.7. The molecule has 3 amide bonds. The van der Waals surface area contributed by atoms with Crippen molar-refractivity contribution in [3.63, 3.8) is 0 Å². The molecule has 2 aromatic rings. The molecular weight excluding hydrogens is 714 g/mol. The third-order valence-corrected chi connectivity index (χ3v) is 14.5. The largest absolute Gasteiger partial charge is 0.453 e. The van der Waals surface area contributed by atoms with E-state index in [9.17, 15) is 32.3 Å². The molecule has 12 nitrogen and oxygen atoms in total. The number of hydrogen-bond donors (Lipinski definition) is 3. The molecule has 4 fully saturated rings. The maximum Gasteiger partial charge on any atom is 0.407 e. The molecule has 0 radical (unpaired) electrons. The molecule has 6 rings (SSSR count). The van der Waals surface area contributed by atoms with Crippen LogP contribution in [0.4, 0.5) is 14.9 Å². The highest BCUT2D eigenvalue weighted by atomic mass is 32.2. The number of anilines is 1. The van der Waals surface area contributed by atoms with E-state index in [1.165, 1.54) is 26.2 Å². The molecule has 0 bridgehead atoms. The van der Waals surface area contributed by atoms with Crippen molar-refractivity contribution < 1.29 is 37.0 Å². The van der Waals surface area contributed by atoms with Crippen LogP contribution in [0.15, 0.2) is 66.1 Å². The Bertz CT molecular complexity index is 1800. The third-order valence-electron chi connectivity index (χ3n) is 12.3. The summed E-state index contributed by atoms with van der Waals surface area (Å²) in [5.41, 5.74) is 0.0472. The molecule has 3 heterocycles. The zero-order valence-electron chi connectivity index (χ0n) is 31.3. The van der Waals surface area contributed by atoms with Gasteiger partial charge in [0, 0.05) is 63.3 Å². The number of aliphatic hydroxyl groups is 1. The quantitative estimate of drug-likeness (QED) is 0.276. The topological polar surface area (TPSA) is 149 Å². The number of halogens is 1. The standard InChI is InChI=1S/C40H54FN5O7S/c1-4-37(48)45-19-7-10-34(23-45)54(51,52)33-15-13-32(14-16-33)46-26-39(50,27-46)25-44-20-17-29(18-21-44)40(24-42-28(2)47,30-8-5-9-31(41)22-30)35-11-6-12-36(35)43-38(49)53-3/h4-5,8-9,13-16,22,29,34-36,50H,1,6-7,10-12,17-21,23-27H2,2-3H3,(H,42,47)(H,43,49)/t34-,35+,36+,40?/m1/s1. The number of benzene rings is 2. The van der Waals surface area contributed by atoms with Crippen molar-refractivity contribution in [2.45, 2.75) is 79.1 Å². The van der Waals surface area contributed by atoms with Crippen LogP contribution in [0.25, 0.3) is 0 Å². The zero-order valence-corrected chi connectivity index (χ0v) is 32.2.